The minimum absolute atomic E-state index is 0.143. The molecule has 3 unspecified atom stereocenters. The monoisotopic (exact) mass is 342 g/mol. The first kappa shape index (κ1) is 19.8. The molecule has 128 valence electrons. The van der Waals surface area contributed by atoms with Gasteiger partial charge in [-0.25, -0.2) is 0 Å². The molecule has 0 spiro atoms. The van der Waals surface area contributed by atoms with Crippen LogP contribution in [0.3, 0.4) is 0 Å². The van der Waals surface area contributed by atoms with Gasteiger partial charge in [-0.3, -0.25) is 4.98 Å². The molecule has 1 aromatic rings. The summed E-state index contributed by atoms with van der Waals surface area (Å²) in [6, 6.07) is 0.143. The van der Waals surface area contributed by atoms with Crippen LogP contribution < -0.4 is 5.73 Å². The van der Waals surface area contributed by atoms with Crippen LogP contribution in [0.5, 0.6) is 0 Å². The van der Waals surface area contributed by atoms with Crippen molar-refractivity contribution in [3.63, 3.8) is 0 Å². The zero-order valence-electron chi connectivity index (χ0n) is 15.3. The van der Waals surface area contributed by atoms with Gasteiger partial charge in [-0.2, -0.15) is 0 Å². The van der Waals surface area contributed by atoms with Gasteiger partial charge >= 0.3 is 0 Å². The van der Waals surface area contributed by atoms with Crippen molar-refractivity contribution in [2.24, 2.45) is 11.7 Å². The van der Waals surface area contributed by atoms with Gasteiger partial charge in [0.15, 0.2) is 8.32 Å². The number of aromatic nitrogens is 1. The van der Waals surface area contributed by atoms with Crippen LogP contribution in [0.1, 0.15) is 52.3 Å². The van der Waals surface area contributed by atoms with E-state index >= 15 is 0 Å². The number of thiazole rings is 1. The van der Waals surface area contributed by atoms with Crippen molar-refractivity contribution in [2.75, 3.05) is 0 Å². The van der Waals surface area contributed by atoms with E-state index in [2.05, 4.69) is 52.7 Å². The average Bonchev–Trinajstić information content (AvgIpc) is 2.88. The van der Waals surface area contributed by atoms with Crippen molar-refractivity contribution >= 4 is 19.7 Å². The predicted molar refractivity (Wildman–Crippen MR) is 99.9 cm³/mol. The summed E-state index contributed by atoms with van der Waals surface area (Å²) in [7, 11) is -1.76. The molecule has 1 heterocycles. The molecule has 22 heavy (non-hydrogen) atoms. The number of hydrogen-bond acceptors (Lipinski definition) is 4. The molecular formula is C17H34N2OSSi. The lowest BCUT2D eigenvalue weighted by molar-refractivity contribution is 0.107. The fourth-order valence-corrected chi connectivity index (χ4v) is 4.33. The van der Waals surface area contributed by atoms with Crippen LogP contribution in [0.25, 0.3) is 0 Å². The molecule has 2 N–H and O–H groups in total. The van der Waals surface area contributed by atoms with Crippen molar-refractivity contribution in [3.8, 4) is 0 Å². The van der Waals surface area contributed by atoms with Crippen LogP contribution in [-0.2, 0) is 10.8 Å². The van der Waals surface area contributed by atoms with E-state index in [0.717, 1.165) is 19.3 Å². The van der Waals surface area contributed by atoms with E-state index in [0.29, 0.717) is 5.92 Å². The summed E-state index contributed by atoms with van der Waals surface area (Å²) in [6.07, 6.45) is 5.15. The van der Waals surface area contributed by atoms with Crippen LogP contribution in [0.2, 0.25) is 18.1 Å². The Hall–Kier alpha value is -0.233. The van der Waals surface area contributed by atoms with Crippen molar-refractivity contribution in [3.05, 3.63) is 16.6 Å². The Morgan fingerprint density at radius 3 is 2.45 bits per heavy atom. The molecular weight excluding hydrogens is 308 g/mol. The van der Waals surface area contributed by atoms with Gasteiger partial charge in [0.2, 0.25) is 0 Å². The highest BCUT2D eigenvalue weighted by Crippen LogP contribution is 2.39. The Bertz CT molecular complexity index is 428. The Labute approximate surface area is 141 Å². The molecule has 0 bridgehead atoms. The van der Waals surface area contributed by atoms with Gasteiger partial charge in [-0.1, -0.05) is 41.0 Å². The summed E-state index contributed by atoms with van der Waals surface area (Å²) in [5.41, 5.74) is 8.28. The molecule has 0 radical (unpaired) electrons. The molecule has 0 aliphatic carbocycles. The molecule has 0 amide bonds. The van der Waals surface area contributed by atoms with E-state index in [1.165, 1.54) is 4.88 Å². The number of nitrogens with two attached hydrogens (primary N) is 1. The second kappa shape index (κ2) is 8.04. The lowest BCUT2D eigenvalue weighted by Gasteiger charge is -2.41. The van der Waals surface area contributed by atoms with Gasteiger partial charge in [0.05, 0.1) is 5.51 Å². The molecule has 3 atom stereocenters. The maximum absolute atomic E-state index is 6.69. The third-order valence-corrected chi connectivity index (χ3v) is 10.3. The van der Waals surface area contributed by atoms with E-state index in [4.69, 9.17) is 10.2 Å². The summed E-state index contributed by atoms with van der Waals surface area (Å²) >= 11 is 1.69. The highest BCUT2D eigenvalue weighted by molar-refractivity contribution is 7.09. The minimum Gasteiger partial charge on any atom is -0.414 e. The van der Waals surface area contributed by atoms with Crippen molar-refractivity contribution in [2.45, 2.75) is 84.2 Å². The Balaban J connectivity index is 2.72. The normalized spacial score (nSPS) is 17.3. The minimum atomic E-state index is -1.76. The fourth-order valence-electron chi connectivity index (χ4n) is 2.20. The van der Waals surface area contributed by atoms with Crippen LogP contribution >= 0.6 is 11.3 Å². The first-order chi connectivity index (χ1) is 10.1. The zero-order chi connectivity index (χ0) is 17.0. The molecule has 0 saturated carbocycles. The Kier molecular flexibility index (Phi) is 7.24. The third-order valence-electron chi connectivity index (χ3n) is 5.01. The van der Waals surface area contributed by atoms with Gasteiger partial charge in [0.25, 0.3) is 0 Å². The van der Waals surface area contributed by atoms with Gasteiger partial charge in [-0.05, 0) is 36.9 Å². The van der Waals surface area contributed by atoms with E-state index in [1.54, 1.807) is 11.3 Å². The lowest BCUT2D eigenvalue weighted by atomic mass is 9.95. The molecule has 0 saturated heterocycles. The standard InChI is InChI=1S/C17H34N2OSSi/c1-8-13(2)16(20-22(6,7)17(3,4)5)10-14(18)9-15-11-19-12-21-15/h11-14,16H,8-10,18H2,1-7H3. The van der Waals surface area contributed by atoms with E-state index in [9.17, 15) is 0 Å². The quantitative estimate of drug-likeness (QED) is 0.688. The summed E-state index contributed by atoms with van der Waals surface area (Å²) in [6.45, 7) is 16.1. The molecule has 0 aliphatic rings. The molecule has 0 aliphatic heterocycles. The van der Waals surface area contributed by atoms with Crippen LogP contribution in [0, 0.1) is 5.92 Å². The van der Waals surface area contributed by atoms with Crippen molar-refractivity contribution in [1.29, 1.82) is 0 Å². The smallest absolute Gasteiger partial charge is 0.192 e. The largest absolute Gasteiger partial charge is 0.414 e. The Morgan fingerprint density at radius 1 is 1.36 bits per heavy atom. The van der Waals surface area contributed by atoms with Crippen LogP contribution in [-0.4, -0.2) is 25.4 Å². The van der Waals surface area contributed by atoms with Gasteiger partial charge in [0, 0.05) is 23.2 Å². The number of rotatable bonds is 8. The lowest BCUT2D eigenvalue weighted by Crippen LogP contribution is -2.47. The fraction of sp³-hybridized carbons (Fsp3) is 0.824. The summed E-state index contributed by atoms with van der Waals surface area (Å²) in [4.78, 5) is 5.40. The maximum Gasteiger partial charge on any atom is 0.192 e. The SMILES string of the molecule is CCC(C)C(CC(N)Cc1cncs1)O[Si](C)(C)C(C)(C)C. The van der Waals surface area contributed by atoms with Crippen LogP contribution in [0.15, 0.2) is 11.7 Å². The average molecular weight is 343 g/mol. The zero-order valence-corrected chi connectivity index (χ0v) is 17.2. The predicted octanol–water partition coefficient (Wildman–Crippen LogP) is 4.84. The molecule has 5 heteroatoms. The van der Waals surface area contributed by atoms with Crippen molar-refractivity contribution in [1.82, 2.24) is 4.98 Å². The van der Waals surface area contributed by atoms with E-state index in [1.807, 2.05) is 11.7 Å². The highest BCUT2D eigenvalue weighted by atomic mass is 32.1. The van der Waals surface area contributed by atoms with Crippen molar-refractivity contribution < 1.29 is 4.43 Å². The summed E-state index contributed by atoms with van der Waals surface area (Å²) in [5.74, 6) is 0.543. The number of hydrogen-bond donors (Lipinski definition) is 1. The molecule has 0 aromatic carbocycles. The van der Waals surface area contributed by atoms with Gasteiger partial charge in [0.1, 0.15) is 0 Å². The summed E-state index contributed by atoms with van der Waals surface area (Å²) in [5, 5.41) is 0.237. The Morgan fingerprint density at radius 2 is 2.00 bits per heavy atom. The van der Waals surface area contributed by atoms with E-state index < -0.39 is 8.32 Å². The first-order valence-corrected chi connectivity index (χ1v) is 12.2. The second-order valence-electron chi connectivity index (χ2n) is 7.97. The number of nitrogens with zero attached hydrogens (tertiary/aromatic N) is 1. The van der Waals surface area contributed by atoms with E-state index in [-0.39, 0.29) is 17.2 Å². The molecule has 3 nitrogen and oxygen atoms in total. The summed E-state index contributed by atoms with van der Waals surface area (Å²) < 4.78 is 6.69. The highest BCUT2D eigenvalue weighted by Gasteiger charge is 2.40. The van der Waals surface area contributed by atoms with Crippen LogP contribution in [0.4, 0.5) is 0 Å². The molecule has 1 rings (SSSR count). The third kappa shape index (κ3) is 5.76. The topological polar surface area (TPSA) is 48.1 Å². The second-order valence-corrected chi connectivity index (χ2v) is 13.7. The van der Waals surface area contributed by atoms with Gasteiger partial charge in [-0.15, -0.1) is 11.3 Å². The molecule has 1 aromatic heterocycles. The first-order valence-electron chi connectivity index (χ1n) is 8.37. The maximum atomic E-state index is 6.69. The molecule has 0 fully saturated rings. The van der Waals surface area contributed by atoms with Gasteiger partial charge < -0.3 is 10.2 Å².